The molecule has 0 atom stereocenters. The molecule has 6 aromatic rings. The molecular formula is C28H24N2. The van der Waals surface area contributed by atoms with Gasteiger partial charge in [-0.25, -0.2) is 0 Å². The van der Waals surface area contributed by atoms with Gasteiger partial charge in [0, 0.05) is 36.0 Å². The van der Waals surface area contributed by atoms with Gasteiger partial charge >= 0.3 is 0 Å². The summed E-state index contributed by atoms with van der Waals surface area (Å²) < 4.78 is 19.4. The van der Waals surface area contributed by atoms with Gasteiger partial charge in [-0.05, 0) is 35.6 Å². The predicted molar refractivity (Wildman–Crippen MR) is 127 cm³/mol. The van der Waals surface area contributed by atoms with E-state index < -0.39 is 11.8 Å². The first kappa shape index (κ1) is 15.4. The van der Waals surface area contributed by atoms with E-state index in [2.05, 4.69) is 70.0 Å². The minimum absolute atomic E-state index is 0.504. The zero-order valence-corrected chi connectivity index (χ0v) is 17.4. The molecule has 0 N–H and O–H groups in total. The summed E-state index contributed by atoms with van der Waals surface area (Å²) in [6.45, 7) is 5.75. The summed E-state index contributed by atoms with van der Waals surface area (Å²) in [5.41, 5.74) is 5.65. The van der Waals surface area contributed by atoms with Crippen molar-refractivity contribution in [3.05, 3.63) is 84.6 Å². The van der Waals surface area contributed by atoms with E-state index in [0.717, 1.165) is 11.3 Å². The van der Waals surface area contributed by atoms with Crippen LogP contribution in [0.15, 0.2) is 79.0 Å². The first-order chi connectivity index (χ1) is 15.3. The molecule has 0 aliphatic heterocycles. The molecule has 0 spiro atoms. The molecule has 2 heteroatoms. The van der Waals surface area contributed by atoms with E-state index in [0.29, 0.717) is 5.56 Å². The minimum atomic E-state index is -1.45. The normalized spacial score (nSPS) is 14.1. The molecule has 0 fully saturated rings. The maximum atomic E-state index is 8.51. The molecule has 0 unspecified atom stereocenters. The van der Waals surface area contributed by atoms with Gasteiger partial charge < -0.3 is 4.40 Å². The van der Waals surface area contributed by atoms with Gasteiger partial charge in [-0.2, -0.15) is 0 Å². The van der Waals surface area contributed by atoms with Crippen molar-refractivity contribution in [2.24, 2.45) is 5.41 Å². The third-order valence-electron chi connectivity index (χ3n) is 5.80. The molecule has 0 saturated heterocycles. The van der Waals surface area contributed by atoms with Crippen molar-refractivity contribution in [2.75, 3.05) is 0 Å². The zero-order chi connectivity index (χ0) is 22.3. The van der Waals surface area contributed by atoms with Crippen LogP contribution in [0.4, 0.5) is 0 Å². The van der Waals surface area contributed by atoms with E-state index in [1.807, 2.05) is 32.9 Å². The van der Waals surface area contributed by atoms with Crippen molar-refractivity contribution in [3.63, 3.8) is 0 Å². The first-order valence-electron chi connectivity index (χ1n) is 11.4. The molecule has 3 aromatic heterocycles. The van der Waals surface area contributed by atoms with Crippen molar-refractivity contribution in [2.45, 2.75) is 27.1 Å². The molecule has 0 radical (unpaired) electrons. The highest BCUT2D eigenvalue weighted by molar-refractivity contribution is 6.23. The van der Waals surface area contributed by atoms with Crippen LogP contribution < -0.4 is 0 Å². The molecule has 0 aliphatic rings. The minimum Gasteiger partial charge on any atom is -0.308 e. The van der Waals surface area contributed by atoms with Gasteiger partial charge in [-0.3, -0.25) is 4.98 Å². The fourth-order valence-corrected chi connectivity index (χ4v) is 4.66. The van der Waals surface area contributed by atoms with Crippen LogP contribution in [0.1, 0.15) is 29.1 Å². The second-order valence-electron chi connectivity index (χ2n) is 9.09. The van der Waals surface area contributed by atoms with Crippen LogP contribution >= 0.6 is 0 Å². The van der Waals surface area contributed by atoms with E-state index in [1.54, 1.807) is 6.20 Å². The lowest BCUT2D eigenvalue weighted by Crippen LogP contribution is -2.09. The van der Waals surface area contributed by atoms with Crippen LogP contribution in [0.2, 0.25) is 0 Å². The number of fused-ring (bicyclic) bond motifs is 6. The van der Waals surface area contributed by atoms with Gasteiger partial charge in [-0.1, -0.05) is 75.4 Å². The lowest BCUT2D eigenvalue weighted by atomic mass is 9.89. The second kappa shape index (κ2) is 6.06. The van der Waals surface area contributed by atoms with E-state index in [9.17, 15) is 0 Å². The molecular weight excluding hydrogens is 364 g/mol. The molecule has 0 aliphatic carbocycles. The number of aromatic nitrogens is 2. The molecule has 0 saturated carbocycles. The SMILES string of the molecule is [2H]C([2H])(c1ccc(-c2ccc3c4cccc5c6ccccc6n(c3c2)c54)nc1)C(C)(C)C. The van der Waals surface area contributed by atoms with Gasteiger partial charge in [0.2, 0.25) is 0 Å². The van der Waals surface area contributed by atoms with Crippen LogP contribution in [-0.4, -0.2) is 9.38 Å². The Morgan fingerprint density at radius 1 is 0.800 bits per heavy atom. The van der Waals surface area contributed by atoms with Crippen LogP contribution in [0.3, 0.4) is 0 Å². The summed E-state index contributed by atoms with van der Waals surface area (Å²) in [5, 5.41) is 5.05. The van der Waals surface area contributed by atoms with Gasteiger partial charge in [0.15, 0.2) is 0 Å². The number of hydrogen-bond donors (Lipinski definition) is 0. The van der Waals surface area contributed by atoms with Gasteiger partial charge in [0.25, 0.3) is 0 Å². The third-order valence-corrected chi connectivity index (χ3v) is 5.80. The average molecular weight is 391 g/mol. The number of hydrogen-bond acceptors (Lipinski definition) is 1. The summed E-state index contributed by atoms with van der Waals surface area (Å²) in [6, 6.07) is 25.4. The number of para-hydroxylation sites is 2. The molecule has 146 valence electrons. The highest BCUT2D eigenvalue weighted by Crippen LogP contribution is 2.39. The number of nitrogens with zero attached hydrogens (tertiary/aromatic N) is 2. The van der Waals surface area contributed by atoms with Crippen molar-refractivity contribution in [3.8, 4) is 11.3 Å². The summed E-state index contributed by atoms with van der Waals surface area (Å²) in [6.07, 6.45) is 0.236. The Bertz CT molecular complexity index is 1620. The molecule has 3 aromatic carbocycles. The van der Waals surface area contributed by atoms with E-state index in [4.69, 9.17) is 2.74 Å². The summed E-state index contributed by atoms with van der Waals surface area (Å²) in [4.78, 5) is 4.65. The van der Waals surface area contributed by atoms with Crippen LogP contribution in [0.5, 0.6) is 0 Å². The highest BCUT2D eigenvalue weighted by atomic mass is 14.9. The Labute approximate surface area is 178 Å². The van der Waals surface area contributed by atoms with Crippen molar-refractivity contribution >= 4 is 38.1 Å². The fourth-order valence-electron chi connectivity index (χ4n) is 4.66. The Balaban J connectivity index is 1.56. The summed E-state index contributed by atoms with van der Waals surface area (Å²) in [5.74, 6) is 0. The molecule has 2 nitrogen and oxygen atoms in total. The zero-order valence-electron chi connectivity index (χ0n) is 19.4. The van der Waals surface area contributed by atoms with E-state index >= 15 is 0 Å². The Kier molecular flexibility index (Phi) is 3.12. The molecule has 0 amide bonds. The lowest BCUT2D eigenvalue weighted by Gasteiger charge is -2.17. The Morgan fingerprint density at radius 2 is 1.53 bits per heavy atom. The van der Waals surface area contributed by atoms with Crippen LogP contribution in [0, 0.1) is 5.41 Å². The number of rotatable bonds is 2. The smallest absolute Gasteiger partial charge is 0.0702 e. The number of pyridine rings is 1. The molecule has 6 rings (SSSR count). The average Bonchev–Trinajstić information content (AvgIpc) is 3.30. The number of benzene rings is 3. The second-order valence-corrected chi connectivity index (χ2v) is 9.09. The Hall–Kier alpha value is -3.39. The fraction of sp³-hybridized carbons (Fsp3) is 0.179. The first-order valence-corrected chi connectivity index (χ1v) is 10.4. The van der Waals surface area contributed by atoms with Crippen molar-refractivity contribution < 1.29 is 2.74 Å². The van der Waals surface area contributed by atoms with Crippen molar-refractivity contribution in [1.82, 2.24) is 9.38 Å². The molecule has 0 bridgehead atoms. The predicted octanol–water partition coefficient (Wildman–Crippen LogP) is 7.49. The topological polar surface area (TPSA) is 17.3 Å². The van der Waals surface area contributed by atoms with E-state index in [1.165, 1.54) is 38.1 Å². The maximum Gasteiger partial charge on any atom is 0.0702 e. The maximum absolute atomic E-state index is 8.51. The lowest BCUT2D eigenvalue weighted by molar-refractivity contribution is 0.411. The summed E-state index contributed by atoms with van der Waals surface area (Å²) >= 11 is 0. The summed E-state index contributed by atoms with van der Waals surface area (Å²) in [7, 11) is 0. The van der Waals surface area contributed by atoms with Crippen molar-refractivity contribution in [1.29, 1.82) is 0 Å². The monoisotopic (exact) mass is 390 g/mol. The van der Waals surface area contributed by atoms with E-state index in [-0.39, 0.29) is 0 Å². The highest BCUT2D eigenvalue weighted by Gasteiger charge is 2.17. The molecule has 30 heavy (non-hydrogen) atoms. The van der Waals surface area contributed by atoms with Gasteiger partial charge in [0.1, 0.15) is 0 Å². The quantitative estimate of drug-likeness (QED) is 0.299. The third kappa shape index (κ3) is 2.53. The standard InChI is InChI=1S/C28H24N2/c1-28(2,3)16-18-11-14-24(29-17-18)19-12-13-21-23-9-6-8-22-20-7-4-5-10-25(20)30(27(22)23)26(21)15-19/h4-15,17H,16H2,1-3H3/i16D2. The molecule has 3 heterocycles. The van der Waals surface area contributed by atoms with Gasteiger partial charge in [0.05, 0.1) is 22.2 Å². The van der Waals surface area contributed by atoms with Crippen LogP contribution in [0.25, 0.3) is 49.4 Å². The van der Waals surface area contributed by atoms with Crippen LogP contribution in [-0.2, 0) is 6.37 Å². The Morgan fingerprint density at radius 3 is 2.27 bits per heavy atom. The van der Waals surface area contributed by atoms with Gasteiger partial charge in [-0.15, -0.1) is 0 Å². The largest absolute Gasteiger partial charge is 0.308 e.